The van der Waals surface area contributed by atoms with Gasteiger partial charge in [0.25, 0.3) is 0 Å². The first-order valence-electron chi connectivity index (χ1n) is 4.55. The molecule has 0 amide bonds. The Bertz CT molecular complexity index is 460. The van der Waals surface area contributed by atoms with E-state index in [1.807, 2.05) is 0 Å². The quantitative estimate of drug-likeness (QED) is 0.764. The van der Waals surface area contributed by atoms with Crippen molar-refractivity contribution < 1.29 is 4.74 Å². The summed E-state index contributed by atoms with van der Waals surface area (Å²) in [7, 11) is 1.70. The van der Waals surface area contributed by atoms with Gasteiger partial charge >= 0.3 is 0 Å². The van der Waals surface area contributed by atoms with Crippen molar-refractivity contribution in [2.24, 2.45) is 0 Å². The van der Waals surface area contributed by atoms with Crippen LogP contribution in [0.5, 0.6) is 5.75 Å². The normalized spacial score (nSPS) is 10.8. The number of benzene rings is 1. The highest BCUT2D eigenvalue weighted by Gasteiger charge is 2.12. The molecule has 0 aliphatic heterocycles. The maximum Gasteiger partial charge on any atom is 0.151 e. The highest BCUT2D eigenvalue weighted by Crippen LogP contribution is 2.41. The van der Waals surface area contributed by atoms with Crippen LogP contribution in [-0.2, 0) is 6.42 Å². The molecule has 0 atom stereocenters. The van der Waals surface area contributed by atoms with E-state index in [0.717, 1.165) is 16.4 Å². The minimum absolute atomic E-state index is 0.922. The smallest absolute Gasteiger partial charge is 0.151 e. The second kappa shape index (κ2) is 3.83. The van der Waals surface area contributed by atoms with Gasteiger partial charge in [0.05, 0.1) is 7.11 Å². The van der Waals surface area contributed by atoms with Crippen LogP contribution in [0, 0.1) is 0 Å². The number of fused-ring (bicyclic) bond motifs is 1. The van der Waals surface area contributed by atoms with Crippen LogP contribution in [0.2, 0.25) is 0 Å². The molecule has 74 valence electrons. The zero-order chi connectivity index (χ0) is 10.1. The fourth-order valence-electron chi connectivity index (χ4n) is 1.66. The lowest BCUT2D eigenvalue weighted by Gasteiger charge is -2.02. The van der Waals surface area contributed by atoms with Gasteiger partial charge in [0.15, 0.2) is 5.75 Å². The molecule has 2 rings (SSSR count). The number of thiophene rings is 1. The van der Waals surface area contributed by atoms with Gasteiger partial charge in [-0.15, -0.1) is 24.0 Å². The third-order valence-electron chi connectivity index (χ3n) is 2.33. The van der Waals surface area contributed by atoms with Crippen molar-refractivity contribution in [1.29, 1.82) is 0 Å². The Labute approximate surface area is 93.1 Å². The largest absolute Gasteiger partial charge is 0.494 e. The summed E-state index contributed by atoms with van der Waals surface area (Å²) in [4.78, 5) is 0. The Morgan fingerprint density at radius 2 is 2.21 bits per heavy atom. The summed E-state index contributed by atoms with van der Waals surface area (Å²) in [6.07, 6.45) is 1.03. The van der Waals surface area contributed by atoms with Gasteiger partial charge in [0.2, 0.25) is 0 Å². The fraction of sp³-hybridized carbons (Fsp3) is 0.273. The Kier molecular flexibility index (Phi) is 2.70. The maximum absolute atomic E-state index is 5.37. The number of hydrogen-bond donors (Lipinski definition) is 1. The summed E-state index contributed by atoms with van der Waals surface area (Å²) in [5, 5.41) is 1.23. The molecule has 0 N–H and O–H groups in total. The molecule has 1 aromatic heterocycles. The molecule has 0 saturated carbocycles. The molecule has 0 spiro atoms. The van der Waals surface area contributed by atoms with Crippen molar-refractivity contribution in [2.45, 2.75) is 17.6 Å². The predicted molar refractivity (Wildman–Crippen MR) is 65.0 cm³/mol. The van der Waals surface area contributed by atoms with E-state index >= 15 is 0 Å². The van der Waals surface area contributed by atoms with Gasteiger partial charge in [0, 0.05) is 10.1 Å². The van der Waals surface area contributed by atoms with Crippen LogP contribution in [0.4, 0.5) is 0 Å². The van der Waals surface area contributed by atoms with Crippen LogP contribution in [0.15, 0.2) is 22.4 Å². The van der Waals surface area contributed by atoms with Gasteiger partial charge in [-0.2, -0.15) is 0 Å². The molecule has 0 aliphatic carbocycles. The summed E-state index contributed by atoms with van der Waals surface area (Å²) in [6, 6.07) is 6.34. The SMILES string of the molecule is CCc1cccc2sc(S)c(OC)c12. The number of methoxy groups -OCH3 is 1. The van der Waals surface area contributed by atoms with E-state index in [1.54, 1.807) is 18.4 Å². The summed E-state index contributed by atoms with van der Waals surface area (Å²) in [5.74, 6) is 0.922. The maximum atomic E-state index is 5.37. The summed E-state index contributed by atoms with van der Waals surface area (Å²) in [6.45, 7) is 2.16. The molecule has 14 heavy (non-hydrogen) atoms. The molecular formula is C11H12OS2. The van der Waals surface area contributed by atoms with Crippen molar-refractivity contribution in [2.75, 3.05) is 7.11 Å². The summed E-state index contributed by atoms with van der Waals surface area (Å²) in [5.41, 5.74) is 1.33. The van der Waals surface area contributed by atoms with E-state index in [4.69, 9.17) is 4.74 Å². The van der Waals surface area contributed by atoms with Crippen LogP contribution in [-0.4, -0.2) is 7.11 Å². The van der Waals surface area contributed by atoms with Gasteiger partial charge in [-0.05, 0) is 18.1 Å². The Balaban J connectivity index is 2.82. The van der Waals surface area contributed by atoms with Crippen LogP contribution in [0.3, 0.4) is 0 Å². The van der Waals surface area contributed by atoms with Crippen LogP contribution in [0.25, 0.3) is 10.1 Å². The summed E-state index contributed by atoms with van der Waals surface area (Å²) < 4.78 is 7.59. The molecule has 1 nitrogen and oxygen atoms in total. The number of rotatable bonds is 2. The monoisotopic (exact) mass is 224 g/mol. The zero-order valence-corrected chi connectivity index (χ0v) is 9.91. The van der Waals surface area contributed by atoms with E-state index in [0.29, 0.717) is 0 Å². The topological polar surface area (TPSA) is 9.23 Å². The van der Waals surface area contributed by atoms with Gasteiger partial charge in [-0.25, -0.2) is 0 Å². The number of ether oxygens (including phenoxy) is 1. The van der Waals surface area contributed by atoms with Crippen molar-refractivity contribution in [3.8, 4) is 5.75 Å². The second-order valence-electron chi connectivity index (χ2n) is 3.08. The predicted octanol–water partition coefficient (Wildman–Crippen LogP) is 3.76. The lowest BCUT2D eigenvalue weighted by Crippen LogP contribution is -1.85. The van der Waals surface area contributed by atoms with E-state index < -0.39 is 0 Å². The molecule has 1 heterocycles. The highest BCUT2D eigenvalue weighted by atomic mass is 32.2. The zero-order valence-electron chi connectivity index (χ0n) is 8.20. The molecule has 0 aliphatic rings. The molecule has 2 aromatic rings. The average Bonchev–Trinajstić information content (AvgIpc) is 2.52. The standard InChI is InChI=1S/C11H12OS2/c1-3-7-5-4-6-8-9(7)10(12-2)11(13)14-8/h4-6,13H,3H2,1-2H3. The number of hydrogen-bond acceptors (Lipinski definition) is 3. The first-order valence-corrected chi connectivity index (χ1v) is 5.81. The Morgan fingerprint density at radius 1 is 1.43 bits per heavy atom. The second-order valence-corrected chi connectivity index (χ2v) is 4.89. The van der Waals surface area contributed by atoms with Crippen LogP contribution >= 0.6 is 24.0 Å². The molecule has 1 aromatic carbocycles. The van der Waals surface area contributed by atoms with Crippen LogP contribution < -0.4 is 4.74 Å². The minimum Gasteiger partial charge on any atom is -0.494 e. The van der Waals surface area contributed by atoms with E-state index in [1.165, 1.54) is 15.6 Å². The van der Waals surface area contributed by atoms with Crippen molar-refractivity contribution in [3.63, 3.8) is 0 Å². The van der Waals surface area contributed by atoms with Gasteiger partial charge < -0.3 is 4.74 Å². The average molecular weight is 224 g/mol. The molecule has 0 radical (unpaired) electrons. The summed E-state index contributed by atoms with van der Waals surface area (Å²) >= 11 is 6.09. The van der Waals surface area contributed by atoms with E-state index in [9.17, 15) is 0 Å². The lowest BCUT2D eigenvalue weighted by atomic mass is 10.1. The van der Waals surface area contributed by atoms with E-state index in [-0.39, 0.29) is 0 Å². The molecule has 0 bridgehead atoms. The first kappa shape index (κ1) is 9.87. The highest BCUT2D eigenvalue weighted by molar-refractivity contribution is 7.83. The molecule has 0 fully saturated rings. The third kappa shape index (κ3) is 1.41. The van der Waals surface area contributed by atoms with Crippen molar-refractivity contribution in [1.82, 2.24) is 0 Å². The van der Waals surface area contributed by atoms with Gasteiger partial charge in [0.1, 0.15) is 4.21 Å². The third-order valence-corrected chi connectivity index (χ3v) is 3.74. The Hall–Kier alpha value is -0.670. The first-order chi connectivity index (χ1) is 6.77. The number of aryl methyl sites for hydroxylation is 1. The fourth-order valence-corrected chi connectivity index (χ4v) is 3.12. The molecular weight excluding hydrogens is 212 g/mol. The molecule has 3 heteroatoms. The van der Waals surface area contributed by atoms with E-state index in [2.05, 4.69) is 37.8 Å². The number of thiol groups is 1. The lowest BCUT2D eigenvalue weighted by molar-refractivity contribution is 0.413. The van der Waals surface area contributed by atoms with Gasteiger partial charge in [-0.1, -0.05) is 19.1 Å². The molecule has 0 saturated heterocycles. The van der Waals surface area contributed by atoms with Crippen molar-refractivity contribution >= 4 is 34.1 Å². The van der Waals surface area contributed by atoms with Crippen molar-refractivity contribution in [3.05, 3.63) is 23.8 Å². The molecule has 0 unspecified atom stereocenters. The minimum atomic E-state index is 0.922. The van der Waals surface area contributed by atoms with Crippen LogP contribution in [0.1, 0.15) is 12.5 Å². The Morgan fingerprint density at radius 3 is 2.86 bits per heavy atom. The van der Waals surface area contributed by atoms with Gasteiger partial charge in [-0.3, -0.25) is 0 Å².